The van der Waals surface area contributed by atoms with Crippen molar-refractivity contribution in [2.75, 3.05) is 26.3 Å². The molecule has 1 N–H and O–H groups in total. The van der Waals surface area contributed by atoms with Crippen molar-refractivity contribution in [2.24, 2.45) is 0 Å². The van der Waals surface area contributed by atoms with Gasteiger partial charge in [0.15, 0.2) is 11.7 Å². The van der Waals surface area contributed by atoms with E-state index in [4.69, 9.17) is 32.4 Å². The molecule has 0 saturated carbocycles. The van der Waals surface area contributed by atoms with Crippen LogP contribution < -0.4 is 5.32 Å². The highest BCUT2D eigenvalue weighted by Crippen LogP contribution is 2.30. The summed E-state index contributed by atoms with van der Waals surface area (Å²) < 4.78 is 11.1. The van der Waals surface area contributed by atoms with E-state index in [1.807, 2.05) is 0 Å². The molecule has 1 saturated heterocycles. The Bertz CT molecular complexity index is 1050. The van der Waals surface area contributed by atoms with Crippen molar-refractivity contribution >= 4 is 29.1 Å². The lowest BCUT2D eigenvalue weighted by Crippen LogP contribution is -2.35. The third kappa shape index (κ3) is 6.33. The lowest BCUT2D eigenvalue weighted by molar-refractivity contribution is -0.121. The number of morpholine rings is 1. The second-order valence-electron chi connectivity index (χ2n) is 7.72. The summed E-state index contributed by atoms with van der Waals surface area (Å²) in [6.45, 7) is 4.96. The van der Waals surface area contributed by atoms with E-state index in [1.54, 1.807) is 24.4 Å². The van der Waals surface area contributed by atoms with Crippen LogP contribution in [0.5, 0.6) is 0 Å². The van der Waals surface area contributed by atoms with Crippen LogP contribution >= 0.6 is 23.2 Å². The molecule has 0 unspecified atom stereocenters. The maximum Gasteiger partial charge on any atom is 0.220 e. The van der Waals surface area contributed by atoms with E-state index in [1.165, 1.54) is 5.56 Å². The summed E-state index contributed by atoms with van der Waals surface area (Å²) in [6, 6.07) is 13.5. The van der Waals surface area contributed by atoms with Crippen molar-refractivity contribution in [1.82, 2.24) is 15.2 Å². The number of ether oxygens (including phenoxy) is 1. The topological polar surface area (TPSA) is 67.6 Å². The second-order valence-corrected chi connectivity index (χ2v) is 8.57. The monoisotopic (exact) mass is 473 g/mol. The van der Waals surface area contributed by atoms with Crippen LogP contribution in [-0.2, 0) is 29.0 Å². The van der Waals surface area contributed by atoms with Gasteiger partial charge in [0.1, 0.15) is 0 Å². The molecule has 2 heterocycles. The molecule has 4 rings (SSSR count). The van der Waals surface area contributed by atoms with Gasteiger partial charge in [0, 0.05) is 49.6 Å². The van der Waals surface area contributed by atoms with Gasteiger partial charge < -0.3 is 14.5 Å². The van der Waals surface area contributed by atoms with E-state index in [9.17, 15) is 4.79 Å². The number of hydrogen-bond donors (Lipinski definition) is 1. The van der Waals surface area contributed by atoms with Crippen molar-refractivity contribution in [3.63, 3.8) is 0 Å². The van der Waals surface area contributed by atoms with Crippen LogP contribution in [0.2, 0.25) is 10.0 Å². The molecule has 1 aliphatic heterocycles. The molecule has 168 valence electrons. The van der Waals surface area contributed by atoms with Crippen LogP contribution in [0.4, 0.5) is 0 Å². The highest BCUT2D eigenvalue weighted by molar-refractivity contribution is 6.36. The van der Waals surface area contributed by atoms with Gasteiger partial charge in [-0.3, -0.25) is 9.69 Å². The lowest BCUT2D eigenvalue weighted by atomic mass is 10.1. The van der Waals surface area contributed by atoms with Crippen molar-refractivity contribution in [2.45, 2.75) is 25.9 Å². The number of hydrogen-bond acceptors (Lipinski definition) is 5. The van der Waals surface area contributed by atoms with Crippen molar-refractivity contribution in [3.05, 3.63) is 75.7 Å². The minimum absolute atomic E-state index is 0.0494. The fourth-order valence-corrected chi connectivity index (χ4v) is 4.03. The Morgan fingerprint density at radius 1 is 1.06 bits per heavy atom. The van der Waals surface area contributed by atoms with Crippen LogP contribution in [0.25, 0.3) is 11.3 Å². The van der Waals surface area contributed by atoms with Gasteiger partial charge in [0.05, 0.1) is 24.4 Å². The molecule has 32 heavy (non-hydrogen) atoms. The first-order chi connectivity index (χ1) is 15.6. The molecule has 0 atom stereocenters. The number of nitrogens with zero attached hydrogens (tertiary/aromatic N) is 2. The Balaban J connectivity index is 1.22. The predicted molar refractivity (Wildman–Crippen MR) is 125 cm³/mol. The fraction of sp³-hybridized carbons (Fsp3) is 0.333. The minimum Gasteiger partial charge on any atom is -0.441 e. The summed E-state index contributed by atoms with van der Waals surface area (Å²) in [5.74, 6) is 1.000. The first kappa shape index (κ1) is 22.8. The van der Waals surface area contributed by atoms with Gasteiger partial charge in [-0.05, 0) is 29.3 Å². The zero-order chi connectivity index (χ0) is 22.3. The molecule has 0 radical (unpaired) electrons. The first-order valence-electron chi connectivity index (χ1n) is 10.6. The maximum absolute atomic E-state index is 12.3. The third-order valence-electron chi connectivity index (χ3n) is 5.34. The molecular weight excluding hydrogens is 449 g/mol. The van der Waals surface area contributed by atoms with Gasteiger partial charge in [-0.15, -0.1) is 0 Å². The Kier molecular flexibility index (Phi) is 7.81. The van der Waals surface area contributed by atoms with Crippen molar-refractivity contribution < 1.29 is 13.9 Å². The summed E-state index contributed by atoms with van der Waals surface area (Å²) in [4.78, 5) is 18.9. The smallest absolute Gasteiger partial charge is 0.220 e. The Morgan fingerprint density at radius 3 is 2.56 bits per heavy atom. The Morgan fingerprint density at radius 2 is 1.81 bits per heavy atom. The lowest BCUT2D eigenvalue weighted by Gasteiger charge is -2.26. The zero-order valence-electron chi connectivity index (χ0n) is 17.7. The predicted octanol–water partition coefficient (Wildman–Crippen LogP) is 4.73. The molecule has 1 amide bonds. The van der Waals surface area contributed by atoms with E-state index in [2.05, 4.69) is 39.5 Å². The Labute approximate surface area is 197 Å². The van der Waals surface area contributed by atoms with Crippen LogP contribution in [0, 0.1) is 0 Å². The maximum atomic E-state index is 12.3. The number of aryl methyl sites for hydroxylation is 1. The van der Waals surface area contributed by atoms with Crippen LogP contribution in [0.15, 0.2) is 53.1 Å². The molecule has 0 aliphatic carbocycles. The number of rotatable bonds is 8. The molecule has 6 nitrogen and oxygen atoms in total. The van der Waals surface area contributed by atoms with Crippen molar-refractivity contribution in [3.8, 4) is 11.3 Å². The summed E-state index contributed by atoms with van der Waals surface area (Å²) in [6.07, 6.45) is 2.32. The molecule has 1 fully saturated rings. The summed E-state index contributed by atoms with van der Waals surface area (Å²) in [7, 11) is 0. The van der Waals surface area contributed by atoms with Gasteiger partial charge in [0.2, 0.25) is 5.91 Å². The molecule has 0 bridgehead atoms. The molecule has 1 aromatic heterocycles. The number of carbonyl (C=O) groups excluding carboxylic acids is 1. The zero-order valence-corrected chi connectivity index (χ0v) is 19.2. The molecule has 1 aliphatic rings. The standard InChI is InChI=1S/C24H25Cl2N3O3/c25-19-5-6-20(21(26)13-19)22-15-28-24(32-22)8-7-23(30)27-14-17-1-3-18(4-2-17)16-29-9-11-31-12-10-29/h1-6,13,15H,7-12,14,16H2,(H,27,30). The number of halogens is 2. The molecule has 8 heteroatoms. The van der Waals surface area contributed by atoms with E-state index in [0.29, 0.717) is 41.1 Å². The minimum atomic E-state index is -0.0494. The number of benzene rings is 2. The van der Waals surface area contributed by atoms with Gasteiger partial charge in [-0.25, -0.2) is 4.98 Å². The summed E-state index contributed by atoms with van der Waals surface area (Å²) in [5, 5.41) is 4.00. The summed E-state index contributed by atoms with van der Waals surface area (Å²) in [5.41, 5.74) is 3.05. The SMILES string of the molecule is O=C(CCc1ncc(-c2ccc(Cl)cc2Cl)o1)NCc1ccc(CN2CCOCC2)cc1. The second kappa shape index (κ2) is 11.0. The number of oxazole rings is 1. The first-order valence-corrected chi connectivity index (χ1v) is 11.4. The van der Waals surface area contributed by atoms with Gasteiger partial charge >= 0.3 is 0 Å². The van der Waals surface area contributed by atoms with Gasteiger partial charge in [-0.2, -0.15) is 0 Å². The number of amides is 1. The van der Waals surface area contributed by atoms with Gasteiger partial charge in [-0.1, -0.05) is 47.5 Å². The average molecular weight is 474 g/mol. The number of aromatic nitrogens is 1. The molecule has 0 spiro atoms. The van der Waals surface area contributed by atoms with E-state index in [0.717, 1.165) is 44.0 Å². The molecule has 3 aromatic rings. The van der Waals surface area contributed by atoms with Gasteiger partial charge in [0.25, 0.3) is 0 Å². The molecule has 2 aromatic carbocycles. The van der Waals surface area contributed by atoms with Crippen LogP contribution in [-0.4, -0.2) is 42.1 Å². The number of nitrogens with one attached hydrogen (secondary N) is 1. The summed E-state index contributed by atoms with van der Waals surface area (Å²) >= 11 is 12.1. The quantitative estimate of drug-likeness (QED) is 0.512. The Hall–Kier alpha value is -2.38. The van der Waals surface area contributed by atoms with Crippen LogP contribution in [0.3, 0.4) is 0 Å². The van der Waals surface area contributed by atoms with Crippen molar-refractivity contribution in [1.29, 1.82) is 0 Å². The third-order valence-corrected chi connectivity index (χ3v) is 5.89. The van der Waals surface area contributed by atoms with E-state index < -0.39 is 0 Å². The highest BCUT2D eigenvalue weighted by atomic mass is 35.5. The molecular formula is C24H25Cl2N3O3. The van der Waals surface area contributed by atoms with E-state index >= 15 is 0 Å². The normalized spacial score (nSPS) is 14.4. The average Bonchev–Trinajstić information content (AvgIpc) is 3.26. The fourth-order valence-electron chi connectivity index (χ4n) is 3.53. The number of carbonyl (C=O) groups is 1. The van der Waals surface area contributed by atoms with E-state index in [-0.39, 0.29) is 5.91 Å². The highest BCUT2D eigenvalue weighted by Gasteiger charge is 2.13. The van der Waals surface area contributed by atoms with Crippen LogP contribution in [0.1, 0.15) is 23.4 Å². The largest absolute Gasteiger partial charge is 0.441 e.